The van der Waals surface area contributed by atoms with Crippen molar-refractivity contribution in [3.63, 3.8) is 0 Å². The molecule has 0 saturated carbocycles. The number of hydrogen-bond donors (Lipinski definition) is 1. The molecule has 0 spiro atoms. The van der Waals surface area contributed by atoms with Crippen molar-refractivity contribution < 1.29 is 0 Å². The summed E-state index contributed by atoms with van der Waals surface area (Å²) in [6, 6.07) is 56.4. The molecule has 5 heteroatoms. The minimum Gasteiger partial charge on any atom is -0.354 e. The molecule has 7 aromatic carbocycles. The zero-order valence-electron chi connectivity index (χ0n) is 43.0. The third-order valence-electron chi connectivity index (χ3n) is 15.1. The first-order chi connectivity index (χ1) is 33.4. The molecule has 70 heavy (non-hydrogen) atoms. The quantitative estimate of drug-likeness (QED) is 0.165. The minimum atomic E-state index is -0.236. The second-order valence-electron chi connectivity index (χ2n) is 22.9. The molecule has 5 nitrogen and oxygen atoms in total. The van der Waals surface area contributed by atoms with Crippen molar-refractivity contribution in [1.82, 2.24) is 24.1 Å². The van der Waals surface area contributed by atoms with Gasteiger partial charge in [0.1, 0.15) is 11.6 Å². The molecule has 0 aliphatic heterocycles. The van der Waals surface area contributed by atoms with Crippen LogP contribution in [0.2, 0.25) is 0 Å². The van der Waals surface area contributed by atoms with Gasteiger partial charge in [-0.3, -0.25) is 9.13 Å². The largest absolute Gasteiger partial charge is 0.354 e. The van der Waals surface area contributed by atoms with E-state index in [1.54, 1.807) is 0 Å². The van der Waals surface area contributed by atoms with Crippen LogP contribution in [0.5, 0.6) is 0 Å². The Kier molecular flexibility index (Phi) is 10.6. The summed E-state index contributed by atoms with van der Waals surface area (Å²) in [6.45, 7) is 27.8. The Bertz CT molecular complexity index is 3790. The van der Waals surface area contributed by atoms with Gasteiger partial charge in [0.25, 0.3) is 0 Å². The van der Waals surface area contributed by atoms with Gasteiger partial charge in [0, 0.05) is 55.5 Å². The van der Waals surface area contributed by atoms with Gasteiger partial charge >= 0.3 is 0 Å². The number of benzene rings is 7. The zero-order valence-corrected chi connectivity index (χ0v) is 43.0. The second kappa shape index (κ2) is 16.4. The molecular weight excluding hydrogens is 851 g/mol. The summed E-state index contributed by atoms with van der Waals surface area (Å²) in [5.74, 6) is 2.56. The predicted molar refractivity (Wildman–Crippen MR) is 298 cm³/mol. The van der Waals surface area contributed by atoms with Crippen molar-refractivity contribution >= 4 is 54.6 Å². The van der Waals surface area contributed by atoms with Crippen LogP contribution in [0.1, 0.15) is 128 Å². The Morgan fingerprint density at radius 2 is 1.11 bits per heavy atom. The third kappa shape index (κ3) is 7.44. The third-order valence-corrected chi connectivity index (χ3v) is 15.1. The predicted octanol–water partition coefficient (Wildman–Crippen LogP) is 17.7. The van der Waals surface area contributed by atoms with Crippen LogP contribution in [0.4, 0.5) is 0 Å². The molecule has 11 aromatic rings. The van der Waals surface area contributed by atoms with Crippen molar-refractivity contribution in [2.24, 2.45) is 0 Å². The van der Waals surface area contributed by atoms with Crippen LogP contribution in [-0.4, -0.2) is 24.1 Å². The van der Waals surface area contributed by atoms with Crippen LogP contribution in [0.15, 0.2) is 158 Å². The lowest BCUT2D eigenvalue weighted by molar-refractivity contribution is 0.568. The van der Waals surface area contributed by atoms with Gasteiger partial charge in [-0.05, 0) is 122 Å². The summed E-state index contributed by atoms with van der Waals surface area (Å²) >= 11 is 0. The van der Waals surface area contributed by atoms with Gasteiger partial charge in [-0.25, -0.2) is 9.97 Å². The average molecular weight is 916 g/mol. The SMILES string of the molecule is CC(C)c1cc2c3ccc(-c4cccc5c4nc(-c4cccc6c4[nH]c4ccccc46)n5-c4cc(C(C)(C)C)cc(C(C)(C)C)c4)cc3n(-c3cc(C(C)(C)c4ccccc4)ccn3)c2cc1C(C)C. The number of imidazole rings is 1. The highest BCUT2D eigenvalue weighted by Crippen LogP contribution is 2.44. The molecule has 11 rings (SSSR count). The summed E-state index contributed by atoms with van der Waals surface area (Å²) in [6.07, 6.45) is 1.99. The summed E-state index contributed by atoms with van der Waals surface area (Å²) in [4.78, 5) is 14.8. The van der Waals surface area contributed by atoms with Gasteiger partial charge in [-0.1, -0.05) is 174 Å². The Morgan fingerprint density at radius 3 is 1.83 bits per heavy atom. The maximum Gasteiger partial charge on any atom is 0.147 e. The zero-order chi connectivity index (χ0) is 49.0. The molecule has 0 fully saturated rings. The van der Waals surface area contributed by atoms with Crippen LogP contribution in [0.3, 0.4) is 0 Å². The van der Waals surface area contributed by atoms with Gasteiger partial charge in [0.05, 0.1) is 27.6 Å². The van der Waals surface area contributed by atoms with Crippen molar-refractivity contribution in [2.45, 2.75) is 111 Å². The van der Waals surface area contributed by atoms with E-state index in [4.69, 9.17) is 9.97 Å². The second-order valence-corrected chi connectivity index (χ2v) is 22.9. The first-order valence-corrected chi connectivity index (χ1v) is 25.2. The molecule has 4 aromatic heterocycles. The van der Waals surface area contributed by atoms with Gasteiger partial charge in [-0.2, -0.15) is 0 Å². The van der Waals surface area contributed by atoms with E-state index in [1.807, 2.05) is 6.20 Å². The molecule has 1 N–H and O–H groups in total. The number of aromatic nitrogens is 5. The number of H-pyrrole nitrogens is 1. The van der Waals surface area contributed by atoms with Crippen LogP contribution in [0.25, 0.3) is 88.7 Å². The molecule has 0 atom stereocenters. The highest BCUT2D eigenvalue weighted by atomic mass is 15.1. The van der Waals surface area contributed by atoms with E-state index < -0.39 is 0 Å². The number of aromatic amines is 1. The summed E-state index contributed by atoms with van der Waals surface area (Å²) in [5, 5.41) is 4.85. The van der Waals surface area contributed by atoms with Crippen LogP contribution >= 0.6 is 0 Å². The molecule has 0 bridgehead atoms. The van der Waals surface area contributed by atoms with Gasteiger partial charge in [-0.15, -0.1) is 0 Å². The first-order valence-electron chi connectivity index (χ1n) is 25.2. The van der Waals surface area contributed by atoms with Gasteiger partial charge < -0.3 is 4.98 Å². The fourth-order valence-electron chi connectivity index (χ4n) is 10.9. The fourth-order valence-corrected chi connectivity index (χ4v) is 10.9. The number of pyridine rings is 1. The van der Waals surface area contributed by atoms with E-state index in [0.29, 0.717) is 11.8 Å². The van der Waals surface area contributed by atoms with E-state index in [1.165, 1.54) is 60.4 Å². The van der Waals surface area contributed by atoms with Crippen LogP contribution < -0.4 is 0 Å². The van der Waals surface area contributed by atoms with E-state index in [0.717, 1.165) is 61.6 Å². The topological polar surface area (TPSA) is 51.4 Å². The molecule has 0 radical (unpaired) electrons. The number of fused-ring (bicyclic) bond motifs is 7. The standard InChI is InChI=1S/C65H65N5/c1-39(2)52-37-54-49-29-28-41(32-57(49)70(58(54)38-53(52)40(3)4)59-36-43(30-31-66-59)65(11,12)42-20-14-13-15-21-42)47-23-19-27-56-61(47)68-62(51-25-18-24-50-48-22-16-17-26-55(48)67-60(50)51)69(56)46-34-44(63(5,6)7)33-45(35-46)64(8,9)10/h13-40,67H,1-12H3. The number of nitrogens with one attached hydrogen (secondary N) is 1. The lowest BCUT2D eigenvalue weighted by atomic mass is 9.78. The minimum absolute atomic E-state index is 0.0691. The van der Waals surface area contributed by atoms with Crippen LogP contribution in [-0.2, 0) is 16.2 Å². The highest BCUT2D eigenvalue weighted by Gasteiger charge is 2.28. The lowest BCUT2D eigenvalue weighted by Crippen LogP contribution is -2.19. The number of nitrogens with zero attached hydrogens (tertiary/aromatic N) is 4. The van der Waals surface area contributed by atoms with Crippen molar-refractivity contribution in [1.29, 1.82) is 0 Å². The molecule has 350 valence electrons. The summed E-state index contributed by atoms with van der Waals surface area (Å²) < 4.78 is 4.84. The first kappa shape index (κ1) is 45.2. The summed E-state index contributed by atoms with van der Waals surface area (Å²) in [5.41, 5.74) is 18.4. The number of para-hydroxylation sites is 3. The Morgan fingerprint density at radius 1 is 0.471 bits per heavy atom. The van der Waals surface area contributed by atoms with E-state index in [-0.39, 0.29) is 16.2 Å². The summed E-state index contributed by atoms with van der Waals surface area (Å²) in [7, 11) is 0. The smallest absolute Gasteiger partial charge is 0.147 e. The van der Waals surface area contributed by atoms with Crippen molar-refractivity contribution in [3.8, 4) is 34.0 Å². The Labute approximate surface area is 413 Å². The maximum atomic E-state index is 5.80. The normalized spacial score (nSPS) is 12.8. The molecule has 0 unspecified atom stereocenters. The molecule has 0 amide bonds. The van der Waals surface area contributed by atoms with Gasteiger partial charge in [0.2, 0.25) is 0 Å². The molecule has 4 heterocycles. The Hall–Kier alpha value is -7.24. The van der Waals surface area contributed by atoms with Crippen LogP contribution in [0, 0.1) is 0 Å². The number of hydrogen-bond acceptors (Lipinski definition) is 2. The van der Waals surface area contributed by atoms with E-state index in [2.05, 4.69) is 249 Å². The average Bonchev–Trinajstić information content (AvgIpc) is 4.02. The molecular formula is C65H65N5. The fraction of sp³-hybridized carbons (Fsp3) is 0.262. The molecule has 0 aliphatic rings. The maximum absolute atomic E-state index is 5.80. The molecule has 0 aliphatic carbocycles. The van der Waals surface area contributed by atoms with Crippen molar-refractivity contribution in [2.75, 3.05) is 0 Å². The van der Waals surface area contributed by atoms with Crippen molar-refractivity contribution in [3.05, 3.63) is 191 Å². The van der Waals surface area contributed by atoms with Gasteiger partial charge in [0.15, 0.2) is 0 Å². The Balaban J connectivity index is 1.20. The highest BCUT2D eigenvalue weighted by molar-refractivity contribution is 6.13. The monoisotopic (exact) mass is 916 g/mol. The molecule has 0 saturated heterocycles. The van der Waals surface area contributed by atoms with E-state index >= 15 is 0 Å². The van der Waals surface area contributed by atoms with E-state index in [9.17, 15) is 0 Å². The number of rotatable bonds is 8. The lowest BCUT2D eigenvalue weighted by Gasteiger charge is -2.27.